The van der Waals surface area contributed by atoms with Gasteiger partial charge >= 0.3 is 0 Å². The maximum atomic E-state index is 12.4. The summed E-state index contributed by atoms with van der Waals surface area (Å²) in [6.07, 6.45) is 1.69. The molecule has 228 valence electrons. The SMILES string of the molecule is Cc1cccc(C)c1NC(=O)CN(C)CCCOCCOCCOCCCN(C)CC(=O)Nc1c(C)cccc1C. The number of likely N-dealkylation sites (N-methyl/N-ethyl adjacent to an activating group) is 2. The topological polar surface area (TPSA) is 92.4 Å². The molecule has 0 atom stereocenters. The Morgan fingerprint density at radius 1 is 0.585 bits per heavy atom. The van der Waals surface area contributed by atoms with Gasteiger partial charge in [-0.2, -0.15) is 0 Å². The third kappa shape index (κ3) is 14.1. The molecule has 0 saturated heterocycles. The van der Waals surface area contributed by atoms with Crippen LogP contribution in [0.2, 0.25) is 0 Å². The minimum Gasteiger partial charge on any atom is -0.379 e. The van der Waals surface area contributed by atoms with Crippen LogP contribution in [0.1, 0.15) is 35.1 Å². The monoisotopic (exact) mass is 570 g/mol. The minimum atomic E-state index is -0.00942. The van der Waals surface area contributed by atoms with E-state index >= 15 is 0 Å². The van der Waals surface area contributed by atoms with Gasteiger partial charge in [0.15, 0.2) is 0 Å². The van der Waals surface area contributed by atoms with E-state index in [2.05, 4.69) is 10.6 Å². The van der Waals surface area contributed by atoms with Gasteiger partial charge in [0.05, 0.1) is 39.5 Å². The van der Waals surface area contributed by atoms with E-state index in [1.54, 1.807) is 0 Å². The standard InChI is InChI=1S/C32H50N4O5/c1-25-11-7-12-26(2)31(25)33-29(37)23-35(5)15-9-17-39-19-21-41-22-20-40-18-10-16-36(6)24-30(38)34-32-27(3)13-8-14-28(32)4/h7-8,11-14H,9-10,15-24H2,1-6H3,(H,33,37)(H,34,38). The molecule has 9 heteroatoms. The highest BCUT2D eigenvalue weighted by Gasteiger charge is 2.11. The fourth-order valence-electron chi connectivity index (χ4n) is 4.44. The number of ether oxygens (including phenoxy) is 3. The lowest BCUT2D eigenvalue weighted by molar-refractivity contribution is -0.117. The first-order chi connectivity index (χ1) is 19.7. The van der Waals surface area contributed by atoms with Gasteiger partial charge in [0.2, 0.25) is 11.8 Å². The quantitative estimate of drug-likeness (QED) is 0.231. The molecule has 0 bridgehead atoms. The molecule has 0 heterocycles. The van der Waals surface area contributed by atoms with E-state index in [0.717, 1.165) is 59.6 Å². The fraction of sp³-hybridized carbons (Fsp3) is 0.562. The summed E-state index contributed by atoms with van der Waals surface area (Å²) in [6.45, 7) is 13.6. The molecule has 0 unspecified atom stereocenters. The number of rotatable bonds is 20. The molecule has 0 aromatic heterocycles. The second kappa shape index (κ2) is 19.3. The van der Waals surface area contributed by atoms with E-state index in [-0.39, 0.29) is 11.8 Å². The van der Waals surface area contributed by atoms with Gasteiger partial charge in [0, 0.05) is 37.7 Å². The molecule has 0 aliphatic rings. The van der Waals surface area contributed by atoms with Gasteiger partial charge < -0.3 is 24.8 Å². The van der Waals surface area contributed by atoms with Gasteiger partial charge in [-0.15, -0.1) is 0 Å². The molecule has 2 aromatic rings. The van der Waals surface area contributed by atoms with Crippen LogP contribution in [-0.2, 0) is 23.8 Å². The van der Waals surface area contributed by atoms with Crippen LogP contribution in [-0.4, -0.2) is 102 Å². The zero-order valence-corrected chi connectivity index (χ0v) is 25.9. The van der Waals surface area contributed by atoms with Crippen molar-refractivity contribution < 1.29 is 23.8 Å². The van der Waals surface area contributed by atoms with Gasteiger partial charge in [-0.05, 0) is 76.9 Å². The van der Waals surface area contributed by atoms with Crippen LogP contribution in [0.5, 0.6) is 0 Å². The Hall–Kier alpha value is -2.82. The van der Waals surface area contributed by atoms with Crippen LogP contribution in [0, 0.1) is 27.7 Å². The lowest BCUT2D eigenvalue weighted by atomic mass is 10.1. The van der Waals surface area contributed by atoms with Gasteiger partial charge in [0.1, 0.15) is 0 Å². The van der Waals surface area contributed by atoms with Crippen LogP contribution >= 0.6 is 0 Å². The summed E-state index contributed by atoms with van der Waals surface area (Å²) in [5, 5.41) is 6.04. The van der Waals surface area contributed by atoms with Crippen LogP contribution in [0.3, 0.4) is 0 Å². The molecule has 2 rings (SSSR count). The van der Waals surface area contributed by atoms with E-state index in [1.807, 2.05) is 88.0 Å². The maximum absolute atomic E-state index is 12.4. The molecular formula is C32H50N4O5. The Bertz CT molecular complexity index is 954. The number of benzene rings is 2. The summed E-state index contributed by atoms with van der Waals surface area (Å²) in [5.74, 6) is -0.0188. The Morgan fingerprint density at radius 2 is 0.902 bits per heavy atom. The molecule has 0 radical (unpaired) electrons. The van der Waals surface area contributed by atoms with Crippen LogP contribution in [0.15, 0.2) is 36.4 Å². The first kappa shape index (κ1) is 34.4. The molecule has 0 aliphatic carbocycles. The largest absolute Gasteiger partial charge is 0.379 e. The van der Waals surface area contributed by atoms with Gasteiger partial charge in [-0.3, -0.25) is 19.4 Å². The van der Waals surface area contributed by atoms with Gasteiger partial charge in [-0.25, -0.2) is 0 Å². The van der Waals surface area contributed by atoms with E-state index in [4.69, 9.17) is 14.2 Å². The lowest BCUT2D eigenvalue weighted by Gasteiger charge is -2.18. The van der Waals surface area contributed by atoms with Crippen molar-refractivity contribution in [2.75, 3.05) is 90.5 Å². The number of aryl methyl sites for hydroxylation is 4. The summed E-state index contributed by atoms with van der Waals surface area (Å²) in [5.41, 5.74) is 6.07. The smallest absolute Gasteiger partial charge is 0.238 e. The minimum absolute atomic E-state index is 0.00942. The molecule has 0 fully saturated rings. The highest BCUT2D eigenvalue weighted by atomic mass is 16.5. The fourth-order valence-corrected chi connectivity index (χ4v) is 4.44. The summed E-state index contributed by atoms with van der Waals surface area (Å²) < 4.78 is 16.8. The van der Waals surface area contributed by atoms with E-state index in [1.165, 1.54) is 0 Å². The maximum Gasteiger partial charge on any atom is 0.238 e. The molecule has 2 N–H and O–H groups in total. The average molecular weight is 571 g/mol. The molecular weight excluding hydrogens is 520 g/mol. The molecule has 0 aliphatic heterocycles. The Balaban J connectivity index is 1.39. The van der Waals surface area contributed by atoms with Gasteiger partial charge in [-0.1, -0.05) is 36.4 Å². The van der Waals surface area contributed by atoms with Gasteiger partial charge in [0.25, 0.3) is 0 Å². The molecule has 41 heavy (non-hydrogen) atoms. The molecule has 0 spiro atoms. The predicted molar refractivity (Wildman–Crippen MR) is 166 cm³/mol. The number of anilines is 2. The summed E-state index contributed by atoms with van der Waals surface area (Å²) in [6, 6.07) is 12.0. The number of carbonyl (C=O) groups excluding carboxylic acids is 2. The zero-order chi connectivity index (χ0) is 30.0. The van der Waals surface area contributed by atoms with Crippen molar-refractivity contribution in [3.63, 3.8) is 0 Å². The highest BCUT2D eigenvalue weighted by molar-refractivity contribution is 5.94. The van der Waals surface area contributed by atoms with Crippen molar-refractivity contribution in [1.29, 1.82) is 0 Å². The van der Waals surface area contributed by atoms with E-state index < -0.39 is 0 Å². The molecule has 0 saturated carbocycles. The third-order valence-electron chi connectivity index (χ3n) is 6.72. The summed E-state index contributed by atoms with van der Waals surface area (Å²) in [7, 11) is 3.88. The normalized spacial score (nSPS) is 11.3. The van der Waals surface area contributed by atoms with Crippen molar-refractivity contribution in [3.8, 4) is 0 Å². The molecule has 9 nitrogen and oxygen atoms in total. The number of para-hydroxylation sites is 2. The number of hydrogen-bond donors (Lipinski definition) is 2. The third-order valence-corrected chi connectivity index (χ3v) is 6.72. The second-order valence-electron chi connectivity index (χ2n) is 10.6. The lowest BCUT2D eigenvalue weighted by Crippen LogP contribution is -2.31. The Kier molecular flexibility index (Phi) is 16.2. The van der Waals surface area contributed by atoms with Crippen LogP contribution in [0.25, 0.3) is 0 Å². The van der Waals surface area contributed by atoms with E-state index in [0.29, 0.717) is 52.7 Å². The van der Waals surface area contributed by atoms with Crippen molar-refractivity contribution in [3.05, 3.63) is 58.7 Å². The molecule has 2 amide bonds. The summed E-state index contributed by atoms with van der Waals surface area (Å²) >= 11 is 0. The number of nitrogens with one attached hydrogen (secondary N) is 2. The first-order valence-electron chi connectivity index (χ1n) is 14.5. The van der Waals surface area contributed by atoms with Crippen molar-refractivity contribution in [2.45, 2.75) is 40.5 Å². The molecule has 2 aromatic carbocycles. The number of amides is 2. The van der Waals surface area contributed by atoms with Crippen molar-refractivity contribution in [1.82, 2.24) is 9.80 Å². The van der Waals surface area contributed by atoms with Crippen molar-refractivity contribution >= 4 is 23.2 Å². The average Bonchev–Trinajstić information content (AvgIpc) is 2.91. The van der Waals surface area contributed by atoms with E-state index in [9.17, 15) is 9.59 Å². The van der Waals surface area contributed by atoms with Crippen LogP contribution < -0.4 is 10.6 Å². The van der Waals surface area contributed by atoms with Crippen LogP contribution in [0.4, 0.5) is 11.4 Å². The first-order valence-corrected chi connectivity index (χ1v) is 14.5. The Morgan fingerprint density at radius 3 is 1.24 bits per heavy atom. The predicted octanol–water partition coefficient (Wildman–Crippen LogP) is 4.19. The summed E-state index contributed by atoms with van der Waals surface area (Å²) in [4.78, 5) is 28.7. The highest BCUT2D eigenvalue weighted by Crippen LogP contribution is 2.20. The second-order valence-corrected chi connectivity index (χ2v) is 10.6. The van der Waals surface area contributed by atoms with Crippen molar-refractivity contribution in [2.24, 2.45) is 0 Å². The number of carbonyl (C=O) groups is 2. The Labute approximate surface area is 246 Å². The number of nitrogens with zero attached hydrogens (tertiary/aromatic N) is 2. The zero-order valence-electron chi connectivity index (χ0n) is 25.9. The number of hydrogen-bond acceptors (Lipinski definition) is 7.